The summed E-state index contributed by atoms with van der Waals surface area (Å²) in [5.74, 6) is -2.43. The fourth-order valence-electron chi connectivity index (χ4n) is 3.44. The van der Waals surface area contributed by atoms with Gasteiger partial charge in [-0.2, -0.15) is 0 Å². The van der Waals surface area contributed by atoms with Crippen LogP contribution in [-0.4, -0.2) is 31.5 Å². The predicted molar refractivity (Wildman–Crippen MR) is 113 cm³/mol. The average Bonchev–Trinajstić information content (AvgIpc) is 3.04. The minimum atomic E-state index is -0.999. The lowest BCUT2D eigenvalue weighted by Gasteiger charge is -2.19. The summed E-state index contributed by atoms with van der Waals surface area (Å²) in [6.07, 6.45) is -0.165. The second-order valence-corrected chi connectivity index (χ2v) is 6.91. The van der Waals surface area contributed by atoms with Crippen LogP contribution in [0.5, 0.6) is 5.75 Å². The van der Waals surface area contributed by atoms with Crippen molar-refractivity contribution < 1.29 is 28.2 Å². The summed E-state index contributed by atoms with van der Waals surface area (Å²) < 4.78 is 23.5. The van der Waals surface area contributed by atoms with Crippen LogP contribution in [0.3, 0.4) is 0 Å². The van der Waals surface area contributed by atoms with Crippen molar-refractivity contribution in [2.45, 2.75) is 20.3 Å². The number of benzene rings is 2. The third-order valence-corrected chi connectivity index (χ3v) is 4.90. The summed E-state index contributed by atoms with van der Waals surface area (Å²) in [6, 6.07) is 12.1. The minimum absolute atomic E-state index is 0.0699. The first kappa shape index (κ1) is 22.0. The molecule has 7 nitrogen and oxygen atoms in total. The van der Waals surface area contributed by atoms with Gasteiger partial charge in [0.1, 0.15) is 11.6 Å². The van der Waals surface area contributed by atoms with Crippen LogP contribution in [0.4, 0.5) is 15.8 Å². The van der Waals surface area contributed by atoms with E-state index in [1.54, 1.807) is 38.1 Å². The molecule has 0 aromatic heterocycles. The predicted octanol–water partition coefficient (Wildman–Crippen LogP) is 3.66. The molecule has 1 saturated heterocycles. The Morgan fingerprint density at radius 2 is 1.77 bits per heavy atom. The zero-order chi connectivity index (χ0) is 22.5. The minimum Gasteiger partial charge on any atom is -0.497 e. The topological polar surface area (TPSA) is 84.9 Å². The fourth-order valence-corrected chi connectivity index (χ4v) is 3.44. The fraction of sp³-hybridized carbons (Fsp3) is 0.261. The molecule has 2 aromatic carbocycles. The second kappa shape index (κ2) is 9.42. The monoisotopic (exact) mass is 426 g/mol. The molecule has 31 heavy (non-hydrogen) atoms. The summed E-state index contributed by atoms with van der Waals surface area (Å²) in [4.78, 5) is 39.6. The molecule has 2 amide bonds. The smallest absolute Gasteiger partial charge is 0.336 e. The maximum atomic E-state index is 13.2. The quantitative estimate of drug-likeness (QED) is 0.413. The summed E-state index contributed by atoms with van der Waals surface area (Å²) in [5.41, 5.74) is 1.35. The lowest BCUT2D eigenvalue weighted by Crippen LogP contribution is -2.32. The summed E-state index contributed by atoms with van der Waals surface area (Å²) >= 11 is 0. The zero-order valence-corrected chi connectivity index (χ0v) is 17.5. The van der Waals surface area contributed by atoms with E-state index in [1.165, 1.54) is 31.4 Å². The number of amides is 2. The highest BCUT2D eigenvalue weighted by molar-refractivity contribution is 6.23. The van der Waals surface area contributed by atoms with E-state index in [2.05, 4.69) is 5.32 Å². The van der Waals surface area contributed by atoms with Gasteiger partial charge in [-0.15, -0.1) is 0 Å². The number of carbonyl (C=O) groups excluding carboxylic acids is 3. The molecular weight excluding hydrogens is 403 g/mol. The molecule has 3 rings (SSSR count). The van der Waals surface area contributed by atoms with E-state index in [4.69, 9.17) is 9.47 Å². The number of halogens is 1. The molecule has 0 saturated carbocycles. The first-order valence-corrected chi connectivity index (χ1v) is 9.77. The largest absolute Gasteiger partial charge is 0.497 e. The van der Waals surface area contributed by atoms with Gasteiger partial charge in [-0.1, -0.05) is 0 Å². The molecule has 0 aliphatic carbocycles. The van der Waals surface area contributed by atoms with Crippen molar-refractivity contribution in [2.75, 3.05) is 23.9 Å². The molecule has 1 N–H and O–H groups in total. The number of nitrogens with zero attached hydrogens (tertiary/aromatic N) is 1. The average molecular weight is 426 g/mol. The standard InChI is InChI=1S/C23H23FN2O5/c1-4-31-23(29)21(14(2)25-16-7-5-15(24)6-8-16)19-13-20(27)26(22(19)28)17-9-11-18(30-3)12-10-17/h5-12,19,25H,4,13H2,1-3H3/b21-14-/t19-/m0/s1. The van der Waals surface area contributed by atoms with E-state index < -0.39 is 29.5 Å². The highest BCUT2D eigenvalue weighted by atomic mass is 19.1. The van der Waals surface area contributed by atoms with Crippen molar-refractivity contribution in [1.82, 2.24) is 0 Å². The number of methoxy groups -OCH3 is 1. The SMILES string of the molecule is CCOC(=O)/C(=C(/C)Nc1ccc(F)cc1)[C@@H]1CC(=O)N(c2ccc(OC)cc2)C1=O. The van der Waals surface area contributed by atoms with E-state index in [9.17, 15) is 18.8 Å². The van der Waals surface area contributed by atoms with Crippen LogP contribution >= 0.6 is 0 Å². The lowest BCUT2D eigenvalue weighted by atomic mass is 9.95. The number of anilines is 2. The van der Waals surface area contributed by atoms with E-state index in [1.807, 2.05) is 0 Å². The van der Waals surface area contributed by atoms with Gasteiger partial charge in [-0.3, -0.25) is 9.59 Å². The van der Waals surface area contributed by atoms with Crippen molar-refractivity contribution >= 4 is 29.2 Å². The first-order valence-electron chi connectivity index (χ1n) is 9.77. The number of imide groups is 1. The maximum Gasteiger partial charge on any atom is 0.336 e. The van der Waals surface area contributed by atoms with Gasteiger partial charge in [0, 0.05) is 17.8 Å². The van der Waals surface area contributed by atoms with Crippen LogP contribution in [-0.2, 0) is 19.1 Å². The molecule has 0 spiro atoms. The van der Waals surface area contributed by atoms with E-state index in [-0.39, 0.29) is 18.6 Å². The molecule has 162 valence electrons. The Morgan fingerprint density at radius 1 is 1.13 bits per heavy atom. The van der Waals surface area contributed by atoms with Gasteiger partial charge in [-0.25, -0.2) is 14.1 Å². The second-order valence-electron chi connectivity index (χ2n) is 6.91. The molecule has 0 unspecified atom stereocenters. The number of rotatable bonds is 7. The Balaban J connectivity index is 1.95. The highest BCUT2D eigenvalue weighted by Crippen LogP contribution is 2.34. The Labute approximate surface area is 179 Å². The third-order valence-electron chi connectivity index (χ3n) is 4.90. The molecule has 0 bridgehead atoms. The number of nitrogens with one attached hydrogen (secondary N) is 1. The number of carbonyl (C=O) groups is 3. The number of hydrogen-bond donors (Lipinski definition) is 1. The molecule has 8 heteroatoms. The number of allylic oxidation sites excluding steroid dienone is 1. The molecule has 1 fully saturated rings. The van der Waals surface area contributed by atoms with Gasteiger partial charge >= 0.3 is 5.97 Å². The van der Waals surface area contributed by atoms with Gasteiger partial charge in [0.2, 0.25) is 11.8 Å². The molecule has 1 heterocycles. The van der Waals surface area contributed by atoms with Crippen LogP contribution in [0.15, 0.2) is 59.8 Å². The Kier molecular flexibility index (Phi) is 6.69. The first-order chi connectivity index (χ1) is 14.8. The van der Waals surface area contributed by atoms with Gasteiger partial charge in [-0.05, 0) is 62.4 Å². The van der Waals surface area contributed by atoms with Crippen molar-refractivity contribution in [1.29, 1.82) is 0 Å². The van der Waals surface area contributed by atoms with E-state index >= 15 is 0 Å². The van der Waals surface area contributed by atoms with Crippen LogP contribution < -0.4 is 15.0 Å². The summed E-state index contributed by atoms with van der Waals surface area (Å²) in [6.45, 7) is 3.39. The van der Waals surface area contributed by atoms with Crippen molar-refractivity contribution in [3.63, 3.8) is 0 Å². The van der Waals surface area contributed by atoms with Gasteiger partial charge in [0.05, 0.1) is 30.9 Å². The van der Waals surface area contributed by atoms with Crippen LogP contribution in [0.1, 0.15) is 20.3 Å². The summed E-state index contributed by atoms with van der Waals surface area (Å²) in [5, 5.41) is 3.00. The number of esters is 1. The molecule has 0 radical (unpaired) electrons. The van der Waals surface area contributed by atoms with Crippen LogP contribution in [0.2, 0.25) is 0 Å². The Morgan fingerprint density at radius 3 is 2.35 bits per heavy atom. The summed E-state index contributed by atoms with van der Waals surface area (Å²) in [7, 11) is 1.52. The zero-order valence-electron chi connectivity index (χ0n) is 17.5. The van der Waals surface area contributed by atoms with Crippen LogP contribution in [0, 0.1) is 11.7 Å². The molecule has 1 aliphatic rings. The van der Waals surface area contributed by atoms with Crippen molar-refractivity contribution in [2.24, 2.45) is 5.92 Å². The van der Waals surface area contributed by atoms with Gasteiger partial charge in [0.15, 0.2) is 0 Å². The molecule has 1 aliphatic heterocycles. The van der Waals surface area contributed by atoms with E-state index in [0.717, 1.165) is 4.90 Å². The van der Waals surface area contributed by atoms with Gasteiger partial charge in [0.25, 0.3) is 0 Å². The Bertz CT molecular complexity index is 1020. The van der Waals surface area contributed by atoms with Crippen molar-refractivity contribution in [3.05, 3.63) is 65.6 Å². The number of hydrogen-bond acceptors (Lipinski definition) is 6. The third kappa shape index (κ3) is 4.74. The maximum absolute atomic E-state index is 13.2. The van der Waals surface area contributed by atoms with Crippen molar-refractivity contribution in [3.8, 4) is 5.75 Å². The molecule has 1 atom stereocenters. The van der Waals surface area contributed by atoms with Gasteiger partial charge < -0.3 is 14.8 Å². The highest BCUT2D eigenvalue weighted by Gasteiger charge is 2.44. The van der Waals surface area contributed by atoms with E-state index in [0.29, 0.717) is 22.8 Å². The lowest BCUT2D eigenvalue weighted by molar-refractivity contribution is -0.140. The van der Waals surface area contributed by atoms with Crippen LogP contribution in [0.25, 0.3) is 0 Å². The Hall–Kier alpha value is -3.68. The molecule has 2 aromatic rings. The normalized spacial score (nSPS) is 16.8. The number of ether oxygens (including phenoxy) is 2. The molecular formula is C23H23FN2O5.